The highest BCUT2D eigenvalue weighted by atomic mass is 16.5. The van der Waals surface area contributed by atoms with Gasteiger partial charge in [0.25, 0.3) is 5.91 Å². The van der Waals surface area contributed by atoms with E-state index in [1.807, 2.05) is 66.4 Å². The predicted octanol–water partition coefficient (Wildman–Crippen LogP) is 5.80. The van der Waals surface area contributed by atoms with Gasteiger partial charge in [0, 0.05) is 30.5 Å². The Balaban J connectivity index is 1.46. The maximum atomic E-state index is 13.6. The molecule has 0 saturated carbocycles. The Hall–Kier alpha value is -3.79. The van der Waals surface area contributed by atoms with Crippen LogP contribution in [0.4, 0.5) is 0 Å². The highest BCUT2D eigenvalue weighted by Crippen LogP contribution is 2.34. The Morgan fingerprint density at radius 3 is 2.28 bits per heavy atom. The van der Waals surface area contributed by atoms with E-state index in [0.717, 1.165) is 34.7 Å². The van der Waals surface area contributed by atoms with Crippen molar-refractivity contribution in [2.45, 2.75) is 19.5 Å². The fourth-order valence-electron chi connectivity index (χ4n) is 4.47. The van der Waals surface area contributed by atoms with Gasteiger partial charge in [-0.3, -0.25) is 4.79 Å². The molecule has 1 aliphatic heterocycles. The van der Waals surface area contributed by atoms with Crippen LogP contribution in [0.15, 0.2) is 97.2 Å². The fourth-order valence-corrected chi connectivity index (χ4v) is 4.47. The summed E-state index contributed by atoms with van der Waals surface area (Å²) in [7, 11) is 0. The molecule has 1 atom stereocenters. The number of rotatable bonds is 5. The van der Waals surface area contributed by atoms with E-state index < -0.39 is 0 Å². The average Bonchev–Trinajstić information content (AvgIpc) is 3.33. The Morgan fingerprint density at radius 2 is 1.56 bits per heavy atom. The monoisotopic (exact) mass is 422 g/mol. The number of aromatic nitrogens is 1. The first kappa shape index (κ1) is 20.1. The van der Waals surface area contributed by atoms with E-state index in [2.05, 4.69) is 47.2 Å². The average molecular weight is 423 g/mol. The summed E-state index contributed by atoms with van der Waals surface area (Å²) in [5.41, 5.74) is 5.19. The standard InChI is InChI=1S/C28H26N2O2/c1-2-32-25-16-14-23(15-17-25)27-26-9-6-18-29(26)19-20-30(27)28(31)24-12-10-22(11-13-24)21-7-4-3-5-8-21/h3-18,27H,2,19-20H2,1H3. The molecule has 4 heteroatoms. The van der Waals surface area contributed by atoms with E-state index >= 15 is 0 Å². The lowest BCUT2D eigenvalue weighted by molar-refractivity contribution is 0.0664. The number of hydrogen-bond donors (Lipinski definition) is 0. The molecule has 0 aliphatic carbocycles. The van der Waals surface area contributed by atoms with Crippen LogP contribution in [0.1, 0.15) is 34.6 Å². The first-order valence-corrected chi connectivity index (χ1v) is 11.1. The summed E-state index contributed by atoms with van der Waals surface area (Å²) in [6.07, 6.45) is 2.09. The van der Waals surface area contributed by atoms with Crippen molar-refractivity contribution in [3.8, 4) is 16.9 Å². The van der Waals surface area contributed by atoms with Crippen molar-refractivity contribution in [3.05, 3.63) is 114 Å². The lowest BCUT2D eigenvalue weighted by Crippen LogP contribution is -2.42. The van der Waals surface area contributed by atoms with Crippen LogP contribution in [0.3, 0.4) is 0 Å². The molecular weight excluding hydrogens is 396 g/mol. The van der Waals surface area contributed by atoms with Crippen molar-refractivity contribution in [3.63, 3.8) is 0 Å². The second-order valence-electron chi connectivity index (χ2n) is 7.97. The van der Waals surface area contributed by atoms with Crippen LogP contribution in [-0.2, 0) is 6.54 Å². The first-order chi connectivity index (χ1) is 15.7. The topological polar surface area (TPSA) is 34.5 Å². The lowest BCUT2D eigenvalue weighted by atomic mass is 9.98. The van der Waals surface area contributed by atoms with Gasteiger partial charge in [0.05, 0.1) is 12.6 Å². The quantitative estimate of drug-likeness (QED) is 0.407. The van der Waals surface area contributed by atoms with Crippen LogP contribution in [-0.4, -0.2) is 28.5 Å². The van der Waals surface area contributed by atoms with Crippen LogP contribution in [0.25, 0.3) is 11.1 Å². The Morgan fingerprint density at radius 1 is 0.844 bits per heavy atom. The number of ether oxygens (including phenoxy) is 1. The number of hydrogen-bond acceptors (Lipinski definition) is 2. The maximum absolute atomic E-state index is 13.6. The van der Waals surface area contributed by atoms with Crippen LogP contribution >= 0.6 is 0 Å². The van der Waals surface area contributed by atoms with Gasteiger partial charge in [-0.2, -0.15) is 0 Å². The van der Waals surface area contributed by atoms with Gasteiger partial charge >= 0.3 is 0 Å². The molecule has 4 aromatic rings. The SMILES string of the molecule is CCOc1ccc(C2c3cccn3CCN2C(=O)c2ccc(-c3ccccc3)cc2)cc1. The van der Waals surface area contributed by atoms with Gasteiger partial charge in [-0.1, -0.05) is 54.6 Å². The first-order valence-electron chi connectivity index (χ1n) is 11.1. The zero-order chi connectivity index (χ0) is 21.9. The van der Waals surface area contributed by atoms with E-state index in [1.165, 1.54) is 0 Å². The molecular formula is C28H26N2O2. The van der Waals surface area contributed by atoms with E-state index in [0.29, 0.717) is 18.7 Å². The summed E-state index contributed by atoms with van der Waals surface area (Å²) in [6, 6.07) is 30.3. The Labute approximate surface area is 188 Å². The summed E-state index contributed by atoms with van der Waals surface area (Å²) < 4.78 is 7.85. The molecule has 1 amide bonds. The summed E-state index contributed by atoms with van der Waals surface area (Å²) in [5.74, 6) is 0.896. The zero-order valence-corrected chi connectivity index (χ0v) is 18.1. The minimum atomic E-state index is -0.129. The molecule has 32 heavy (non-hydrogen) atoms. The molecule has 0 saturated heterocycles. The van der Waals surface area contributed by atoms with Gasteiger partial charge in [0.2, 0.25) is 0 Å². The van der Waals surface area contributed by atoms with Crippen LogP contribution in [0.5, 0.6) is 5.75 Å². The normalized spacial score (nSPS) is 15.3. The van der Waals surface area contributed by atoms with Crippen LogP contribution in [0, 0.1) is 0 Å². The molecule has 0 spiro atoms. The van der Waals surface area contributed by atoms with Crippen molar-refractivity contribution >= 4 is 5.91 Å². The summed E-state index contributed by atoms with van der Waals surface area (Å²) >= 11 is 0. The highest BCUT2D eigenvalue weighted by Gasteiger charge is 2.32. The molecule has 0 radical (unpaired) electrons. The second-order valence-corrected chi connectivity index (χ2v) is 7.97. The number of carbonyl (C=O) groups excluding carboxylic acids is 1. The molecule has 2 heterocycles. The van der Waals surface area contributed by atoms with Crippen molar-refractivity contribution < 1.29 is 9.53 Å². The molecule has 1 aromatic heterocycles. The molecule has 1 unspecified atom stereocenters. The predicted molar refractivity (Wildman–Crippen MR) is 127 cm³/mol. The molecule has 1 aliphatic rings. The number of benzene rings is 3. The molecule has 0 fully saturated rings. The molecule has 5 rings (SSSR count). The van der Waals surface area contributed by atoms with E-state index in [-0.39, 0.29) is 11.9 Å². The molecule has 3 aromatic carbocycles. The van der Waals surface area contributed by atoms with E-state index in [4.69, 9.17) is 4.74 Å². The van der Waals surface area contributed by atoms with Crippen molar-refractivity contribution in [1.29, 1.82) is 0 Å². The largest absolute Gasteiger partial charge is 0.494 e. The molecule has 160 valence electrons. The zero-order valence-electron chi connectivity index (χ0n) is 18.1. The van der Waals surface area contributed by atoms with Gasteiger partial charge in [0.15, 0.2) is 0 Å². The minimum absolute atomic E-state index is 0.0518. The Bertz CT molecular complexity index is 1190. The second kappa shape index (κ2) is 8.75. The van der Waals surface area contributed by atoms with Crippen LogP contribution < -0.4 is 4.74 Å². The fraction of sp³-hybridized carbons (Fsp3) is 0.179. The molecule has 0 N–H and O–H groups in total. The summed E-state index contributed by atoms with van der Waals surface area (Å²) in [6.45, 7) is 4.07. The van der Waals surface area contributed by atoms with Gasteiger partial charge in [-0.25, -0.2) is 0 Å². The molecule has 0 bridgehead atoms. The van der Waals surface area contributed by atoms with Crippen molar-refractivity contribution in [2.75, 3.05) is 13.2 Å². The third-order valence-electron chi connectivity index (χ3n) is 6.04. The summed E-state index contributed by atoms with van der Waals surface area (Å²) in [5, 5.41) is 0. The third kappa shape index (κ3) is 3.80. The number of carbonyl (C=O) groups is 1. The smallest absolute Gasteiger partial charge is 0.254 e. The minimum Gasteiger partial charge on any atom is -0.494 e. The van der Waals surface area contributed by atoms with Gasteiger partial charge in [0.1, 0.15) is 5.75 Å². The van der Waals surface area contributed by atoms with Gasteiger partial charge in [-0.05, 0) is 60.0 Å². The summed E-state index contributed by atoms with van der Waals surface area (Å²) in [4.78, 5) is 15.6. The third-order valence-corrected chi connectivity index (χ3v) is 6.04. The van der Waals surface area contributed by atoms with Gasteiger partial charge in [-0.15, -0.1) is 0 Å². The van der Waals surface area contributed by atoms with E-state index in [9.17, 15) is 4.79 Å². The molecule has 4 nitrogen and oxygen atoms in total. The van der Waals surface area contributed by atoms with Crippen molar-refractivity contribution in [1.82, 2.24) is 9.47 Å². The van der Waals surface area contributed by atoms with Gasteiger partial charge < -0.3 is 14.2 Å². The number of amides is 1. The van der Waals surface area contributed by atoms with E-state index in [1.54, 1.807) is 0 Å². The maximum Gasteiger partial charge on any atom is 0.254 e. The van der Waals surface area contributed by atoms with Crippen molar-refractivity contribution in [2.24, 2.45) is 0 Å². The number of fused-ring (bicyclic) bond motifs is 1. The lowest BCUT2D eigenvalue weighted by Gasteiger charge is -2.37. The number of nitrogens with zero attached hydrogens (tertiary/aromatic N) is 2. The Kier molecular flexibility index (Phi) is 5.51. The highest BCUT2D eigenvalue weighted by molar-refractivity contribution is 5.95. The van der Waals surface area contributed by atoms with Crippen LogP contribution in [0.2, 0.25) is 0 Å².